The summed E-state index contributed by atoms with van der Waals surface area (Å²) in [7, 11) is 1.41. The molecule has 2 aromatic rings. The van der Waals surface area contributed by atoms with E-state index in [1.54, 1.807) is 12.1 Å². The van der Waals surface area contributed by atoms with Crippen molar-refractivity contribution in [1.82, 2.24) is 4.57 Å². The molecule has 0 fully saturated rings. The van der Waals surface area contributed by atoms with Crippen LogP contribution in [0.15, 0.2) is 30.5 Å². The predicted molar refractivity (Wildman–Crippen MR) is 81.3 cm³/mol. The number of alkyl halides is 3. The van der Waals surface area contributed by atoms with E-state index in [0.29, 0.717) is 11.4 Å². The SMILES string of the molecule is COc1cccc(-n2cc(C(=O)O)c3c2[C@H](C(F)(F)F)CC(=O)N3)c1. The summed E-state index contributed by atoms with van der Waals surface area (Å²) in [5.74, 6) is -4.00. The van der Waals surface area contributed by atoms with Gasteiger partial charge in [0, 0.05) is 24.4 Å². The van der Waals surface area contributed by atoms with Gasteiger partial charge >= 0.3 is 12.1 Å². The first-order chi connectivity index (χ1) is 11.7. The highest BCUT2D eigenvalue weighted by molar-refractivity contribution is 6.03. The Morgan fingerprint density at radius 3 is 2.72 bits per heavy atom. The van der Waals surface area contributed by atoms with E-state index in [-0.39, 0.29) is 11.4 Å². The summed E-state index contributed by atoms with van der Waals surface area (Å²) < 4.78 is 46.6. The lowest BCUT2D eigenvalue weighted by Gasteiger charge is -2.27. The van der Waals surface area contributed by atoms with Crippen LogP contribution in [0.25, 0.3) is 5.69 Å². The average Bonchev–Trinajstić information content (AvgIpc) is 2.92. The fourth-order valence-electron chi connectivity index (χ4n) is 2.87. The molecule has 2 N–H and O–H groups in total. The van der Waals surface area contributed by atoms with Gasteiger partial charge in [-0.1, -0.05) is 6.07 Å². The predicted octanol–water partition coefficient (Wildman–Crippen LogP) is 3.17. The Hall–Kier alpha value is -2.97. The van der Waals surface area contributed by atoms with Gasteiger partial charge in [0.1, 0.15) is 17.2 Å². The van der Waals surface area contributed by atoms with Crippen molar-refractivity contribution in [3.05, 3.63) is 41.7 Å². The number of anilines is 1. The van der Waals surface area contributed by atoms with Crippen molar-refractivity contribution in [2.24, 2.45) is 0 Å². The van der Waals surface area contributed by atoms with E-state index in [1.807, 2.05) is 0 Å². The number of halogens is 3. The summed E-state index contributed by atoms with van der Waals surface area (Å²) in [5.41, 5.74) is -0.736. The fraction of sp³-hybridized carbons (Fsp3) is 0.250. The van der Waals surface area contributed by atoms with Crippen LogP contribution in [0.1, 0.15) is 28.4 Å². The maximum atomic E-state index is 13.5. The standard InChI is InChI=1S/C16H13F3N2O4/c1-25-9-4-2-3-8(5-9)21-7-10(15(23)24)13-14(21)11(16(17,18)19)6-12(22)20-13/h2-5,7,11H,6H2,1H3,(H,20,22)(H,23,24)/t11-/m1/s1. The molecule has 3 rings (SSSR count). The second kappa shape index (κ2) is 5.83. The van der Waals surface area contributed by atoms with Crippen molar-refractivity contribution < 1.29 is 32.6 Å². The van der Waals surface area contributed by atoms with Gasteiger partial charge in [0.2, 0.25) is 5.91 Å². The lowest BCUT2D eigenvalue weighted by molar-refractivity contribution is -0.157. The van der Waals surface area contributed by atoms with E-state index in [9.17, 15) is 27.9 Å². The molecule has 1 aromatic carbocycles. The highest BCUT2D eigenvalue weighted by Gasteiger charge is 2.48. The molecule has 0 saturated heterocycles. The molecular formula is C16H13F3N2O4. The number of nitrogens with one attached hydrogen (secondary N) is 1. The molecule has 9 heteroatoms. The first kappa shape index (κ1) is 16.9. The van der Waals surface area contributed by atoms with Crippen molar-refractivity contribution in [2.75, 3.05) is 12.4 Å². The van der Waals surface area contributed by atoms with Crippen LogP contribution in [-0.2, 0) is 4.79 Å². The third-order valence-corrected chi connectivity index (χ3v) is 3.98. The molecule has 2 heterocycles. The van der Waals surface area contributed by atoms with E-state index in [1.165, 1.54) is 19.2 Å². The number of carboxylic acid groups (broad SMARTS) is 1. The topological polar surface area (TPSA) is 80.6 Å². The number of amides is 1. The summed E-state index contributed by atoms with van der Waals surface area (Å²) in [6.07, 6.45) is -4.42. The number of hydrogen-bond acceptors (Lipinski definition) is 3. The third-order valence-electron chi connectivity index (χ3n) is 3.98. The van der Waals surface area contributed by atoms with Crippen LogP contribution < -0.4 is 10.1 Å². The van der Waals surface area contributed by atoms with Gasteiger partial charge in [-0.05, 0) is 12.1 Å². The summed E-state index contributed by atoms with van der Waals surface area (Å²) in [5, 5.41) is 11.6. The van der Waals surface area contributed by atoms with Gasteiger partial charge in [-0.3, -0.25) is 4.79 Å². The van der Waals surface area contributed by atoms with Crippen LogP contribution in [0.5, 0.6) is 5.75 Å². The molecule has 1 aliphatic rings. The van der Waals surface area contributed by atoms with E-state index in [2.05, 4.69) is 5.32 Å². The number of aromatic carboxylic acids is 1. The maximum Gasteiger partial charge on any atom is 0.397 e. The molecule has 1 aromatic heterocycles. The molecule has 1 atom stereocenters. The zero-order valence-electron chi connectivity index (χ0n) is 12.9. The normalized spacial score (nSPS) is 17.0. The number of carboxylic acids is 1. The molecule has 0 spiro atoms. The minimum atomic E-state index is -4.70. The van der Waals surface area contributed by atoms with Crippen LogP contribution in [0.2, 0.25) is 0 Å². The second-order valence-electron chi connectivity index (χ2n) is 5.53. The van der Waals surface area contributed by atoms with Gasteiger partial charge in [-0.25, -0.2) is 4.79 Å². The zero-order chi connectivity index (χ0) is 18.4. The Morgan fingerprint density at radius 1 is 1.40 bits per heavy atom. The number of aromatic nitrogens is 1. The Balaban J connectivity index is 2.28. The first-order valence-corrected chi connectivity index (χ1v) is 7.22. The monoisotopic (exact) mass is 354 g/mol. The fourth-order valence-corrected chi connectivity index (χ4v) is 2.87. The zero-order valence-corrected chi connectivity index (χ0v) is 12.9. The van der Waals surface area contributed by atoms with Crippen LogP contribution in [0.4, 0.5) is 18.9 Å². The van der Waals surface area contributed by atoms with Gasteiger partial charge in [-0.15, -0.1) is 0 Å². The van der Waals surface area contributed by atoms with Gasteiger partial charge in [-0.2, -0.15) is 13.2 Å². The number of rotatable bonds is 3. The average molecular weight is 354 g/mol. The van der Waals surface area contributed by atoms with Crippen LogP contribution in [-0.4, -0.2) is 34.8 Å². The van der Waals surface area contributed by atoms with E-state index in [4.69, 9.17) is 4.74 Å². The minimum Gasteiger partial charge on any atom is -0.497 e. The van der Waals surface area contributed by atoms with Crippen LogP contribution in [0, 0.1) is 0 Å². The highest BCUT2D eigenvalue weighted by Crippen LogP contribution is 2.46. The number of hydrogen-bond donors (Lipinski definition) is 2. The molecule has 0 saturated carbocycles. The molecule has 0 radical (unpaired) electrons. The number of ether oxygens (including phenoxy) is 1. The summed E-state index contributed by atoms with van der Waals surface area (Å²) >= 11 is 0. The number of carbonyl (C=O) groups excluding carboxylic acids is 1. The van der Waals surface area contributed by atoms with Gasteiger partial charge in [0.05, 0.1) is 18.5 Å². The van der Waals surface area contributed by atoms with E-state index >= 15 is 0 Å². The van der Waals surface area contributed by atoms with Gasteiger partial charge < -0.3 is 19.7 Å². The lowest BCUT2D eigenvalue weighted by atomic mass is 9.94. The van der Waals surface area contributed by atoms with E-state index < -0.39 is 36.0 Å². The lowest BCUT2D eigenvalue weighted by Crippen LogP contribution is -2.33. The van der Waals surface area contributed by atoms with Crippen molar-refractivity contribution in [2.45, 2.75) is 18.5 Å². The van der Waals surface area contributed by atoms with Crippen LogP contribution in [0.3, 0.4) is 0 Å². The van der Waals surface area contributed by atoms with Gasteiger partial charge in [0.15, 0.2) is 0 Å². The molecular weight excluding hydrogens is 341 g/mol. The number of methoxy groups -OCH3 is 1. The molecule has 1 amide bonds. The smallest absolute Gasteiger partial charge is 0.397 e. The quantitative estimate of drug-likeness (QED) is 0.887. The second-order valence-corrected chi connectivity index (χ2v) is 5.53. The Kier molecular flexibility index (Phi) is 3.94. The largest absolute Gasteiger partial charge is 0.497 e. The molecule has 0 bridgehead atoms. The first-order valence-electron chi connectivity index (χ1n) is 7.22. The van der Waals surface area contributed by atoms with Crippen molar-refractivity contribution in [3.63, 3.8) is 0 Å². The van der Waals surface area contributed by atoms with Crippen molar-refractivity contribution in [3.8, 4) is 11.4 Å². The van der Waals surface area contributed by atoms with E-state index in [0.717, 1.165) is 10.8 Å². The number of fused-ring (bicyclic) bond motifs is 1. The highest BCUT2D eigenvalue weighted by atomic mass is 19.4. The Labute approximate surface area is 139 Å². The molecule has 25 heavy (non-hydrogen) atoms. The number of carbonyl (C=O) groups is 2. The Bertz CT molecular complexity index is 858. The van der Waals surface area contributed by atoms with Gasteiger partial charge in [0.25, 0.3) is 0 Å². The molecule has 6 nitrogen and oxygen atoms in total. The third kappa shape index (κ3) is 2.92. The summed E-state index contributed by atoms with van der Waals surface area (Å²) in [6, 6.07) is 6.19. The molecule has 0 unspecified atom stereocenters. The summed E-state index contributed by atoms with van der Waals surface area (Å²) in [4.78, 5) is 23.1. The van der Waals surface area contributed by atoms with Crippen molar-refractivity contribution in [1.29, 1.82) is 0 Å². The summed E-state index contributed by atoms with van der Waals surface area (Å²) in [6.45, 7) is 0. The van der Waals surface area contributed by atoms with Crippen molar-refractivity contribution >= 4 is 17.6 Å². The minimum absolute atomic E-state index is 0.300. The van der Waals surface area contributed by atoms with Crippen LogP contribution >= 0.6 is 0 Å². The molecule has 0 aliphatic carbocycles. The number of nitrogens with zero attached hydrogens (tertiary/aromatic N) is 1. The Morgan fingerprint density at radius 2 is 2.12 bits per heavy atom. The maximum absolute atomic E-state index is 13.5. The molecule has 1 aliphatic heterocycles. The molecule has 132 valence electrons. The number of benzene rings is 1.